The zero-order chi connectivity index (χ0) is 26.7. The second-order valence-corrected chi connectivity index (χ2v) is 9.43. The van der Waals surface area contributed by atoms with Gasteiger partial charge in [-0.25, -0.2) is 4.79 Å². The SMILES string of the molecule is CCOC(=O)N(C)[C@H](C(=O)N[C@H](C(=O)N(C)[C@@H]([C@@H](C)CC)[C@@H](CC(=O)O)OC)C(C)C)C(C)C. The summed E-state index contributed by atoms with van der Waals surface area (Å²) in [4.78, 5) is 53.2. The number of carboxylic acids is 1. The van der Waals surface area contributed by atoms with Gasteiger partial charge in [0.05, 0.1) is 25.2 Å². The molecule has 0 bridgehead atoms. The number of amides is 3. The van der Waals surface area contributed by atoms with Crippen LogP contribution >= 0.6 is 0 Å². The molecule has 0 aliphatic rings. The fraction of sp³-hybridized carbons (Fsp3) is 0.833. The van der Waals surface area contributed by atoms with Gasteiger partial charge in [-0.1, -0.05) is 48.0 Å². The van der Waals surface area contributed by atoms with E-state index >= 15 is 0 Å². The van der Waals surface area contributed by atoms with E-state index < -0.39 is 42.2 Å². The average Bonchev–Trinajstić information content (AvgIpc) is 2.75. The van der Waals surface area contributed by atoms with Crippen molar-refractivity contribution in [1.82, 2.24) is 15.1 Å². The van der Waals surface area contributed by atoms with Crippen LogP contribution in [0.5, 0.6) is 0 Å². The van der Waals surface area contributed by atoms with E-state index in [0.717, 1.165) is 0 Å². The van der Waals surface area contributed by atoms with E-state index in [2.05, 4.69) is 5.32 Å². The predicted molar refractivity (Wildman–Crippen MR) is 129 cm³/mol. The molecule has 0 heterocycles. The van der Waals surface area contributed by atoms with Crippen molar-refractivity contribution in [3.63, 3.8) is 0 Å². The van der Waals surface area contributed by atoms with E-state index in [4.69, 9.17) is 9.47 Å². The number of ether oxygens (including phenoxy) is 2. The van der Waals surface area contributed by atoms with Crippen molar-refractivity contribution in [2.24, 2.45) is 17.8 Å². The molecule has 3 amide bonds. The minimum absolute atomic E-state index is 0.0416. The van der Waals surface area contributed by atoms with Gasteiger partial charge in [-0.2, -0.15) is 0 Å². The number of rotatable bonds is 14. The number of methoxy groups -OCH3 is 1. The lowest BCUT2D eigenvalue weighted by Crippen LogP contribution is -2.60. The van der Waals surface area contributed by atoms with Crippen LogP contribution in [0.3, 0.4) is 0 Å². The van der Waals surface area contributed by atoms with Gasteiger partial charge in [0, 0.05) is 21.2 Å². The molecule has 198 valence electrons. The van der Waals surface area contributed by atoms with E-state index in [0.29, 0.717) is 6.42 Å². The van der Waals surface area contributed by atoms with Crippen molar-refractivity contribution in [3.05, 3.63) is 0 Å². The molecule has 0 unspecified atom stereocenters. The van der Waals surface area contributed by atoms with Crippen LogP contribution in [-0.2, 0) is 23.9 Å². The average molecular weight is 488 g/mol. The maximum atomic E-state index is 13.6. The van der Waals surface area contributed by atoms with Crippen LogP contribution in [0.4, 0.5) is 4.79 Å². The minimum Gasteiger partial charge on any atom is -0.481 e. The smallest absolute Gasteiger partial charge is 0.410 e. The Morgan fingerprint density at radius 3 is 1.88 bits per heavy atom. The third kappa shape index (κ3) is 8.77. The van der Waals surface area contributed by atoms with Crippen LogP contribution < -0.4 is 5.32 Å². The number of nitrogens with zero attached hydrogens (tertiary/aromatic N) is 2. The summed E-state index contributed by atoms with van der Waals surface area (Å²) in [6, 6.07) is -2.20. The van der Waals surface area contributed by atoms with Gasteiger partial charge in [-0.3, -0.25) is 19.3 Å². The highest BCUT2D eigenvalue weighted by Gasteiger charge is 2.39. The number of hydrogen-bond donors (Lipinski definition) is 2. The van der Waals surface area contributed by atoms with Crippen LogP contribution in [0.2, 0.25) is 0 Å². The first-order valence-corrected chi connectivity index (χ1v) is 12.0. The molecule has 0 aromatic carbocycles. The molecule has 5 atom stereocenters. The molecule has 10 nitrogen and oxygen atoms in total. The van der Waals surface area contributed by atoms with Crippen molar-refractivity contribution in [2.75, 3.05) is 27.8 Å². The van der Waals surface area contributed by atoms with Crippen LogP contribution in [0.1, 0.15) is 61.3 Å². The summed E-state index contributed by atoms with van der Waals surface area (Å²) in [5.74, 6) is -2.34. The Kier molecular flexibility index (Phi) is 13.8. The summed E-state index contributed by atoms with van der Waals surface area (Å²) in [6.07, 6.45) is -0.862. The van der Waals surface area contributed by atoms with Crippen LogP contribution in [-0.4, -0.2) is 90.8 Å². The van der Waals surface area contributed by atoms with Gasteiger partial charge in [-0.15, -0.1) is 0 Å². The molecule has 2 N–H and O–H groups in total. The maximum absolute atomic E-state index is 13.6. The van der Waals surface area contributed by atoms with Crippen molar-refractivity contribution in [2.45, 2.75) is 85.5 Å². The van der Waals surface area contributed by atoms with Gasteiger partial charge in [0.2, 0.25) is 11.8 Å². The highest BCUT2D eigenvalue weighted by Crippen LogP contribution is 2.23. The molecule has 10 heteroatoms. The molecule has 0 radical (unpaired) electrons. The zero-order valence-corrected chi connectivity index (χ0v) is 22.5. The molecule has 0 aromatic rings. The number of nitrogens with one attached hydrogen (secondary N) is 1. The summed E-state index contributed by atoms with van der Waals surface area (Å²) in [5.41, 5.74) is 0. The van der Waals surface area contributed by atoms with Gasteiger partial charge in [0.1, 0.15) is 12.1 Å². The van der Waals surface area contributed by atoms with Crippen LogP contribution in [0.15, 0.2) is 0 Å². The van der Waals surface area contributed by atoms with Gasteiger partial charge in [0.15, 0.2) is 0 Å². The molecule has 0 aromatic heterocycles. The Morgan fingerprint density at radius 2 is 1.50 bits per heavy atom. The molecule has 0 saturated carbocycles. The largest absolute Gasteiger partial charge is 0.481 e. The second kappa shape index (κ2) is 14.8. The summed E-state index contributed by atoms with van der Waals surface area (Å²) < 4.78 is 10.5. The third-order valence-electron chi connectivity index (χ3n) is 6.18. The van der Waals surface area contributed by atoms with Crippen LogP contribution in [0, 0.1) is 17.8 Å². The van der Waals surface area contributed by atoms with Crippen molar-refractivity contribution in [1.29, 1.82) is 0 Å². The first-order valence-electron chi connectivity index (χ1n) is 12.0. The zero-order valence-electron chi connectivity index (χ0n) is 22.5. The normalized spacial score (nSPS) is 15.8. The molecule has 0 saturated heterocycles. The topological polar surface area (TPSA) is 125 Å². The minimum atomic E-state index is -1.02. The first-order chi connectivity index (χ1) is 15.7. The molecule has 0 rings (SSSR count). The standard InChI is InChI=1S/C24H45N3O7/c1-11-16(7)21(17(33-10)13-18(28)29)26(8)23(31)19(14(3)4)25-22(30)20(15(5)6)27(9)24(32)34-12-2/h14-17,19-21H,11-13H2,1-10H3,(H,25,30)(H,28,29)/t16-,17+,19-,20-,21-/m0/s1. The number of carbonyl (C=O) groups is 4. The maximum Gasteiger partial charge on any atom is 0.410 e. The van der Waals surface area contributed by atoms with E-state index in [9.17, 15) is 24.3 Å². The summed E-state index contributed by atoms with van der Waals surface area (Å²) in [5, 5.41) is 12.1. The van der Waals surface area contributed by atoms with Gasteiger partial charge >= 0.3 is 12.1 Å². The molecular weight excluding hydrogens is 442 g/mol. The number of aliphatic carboxylic acids is 1. The Morgan fingerprint density at radius 1 is 0.941 bits per heavy atom. The Hall–Kier alpha value is -2.36. The van der Waals surface area contributed by atoms with Gasteiger partial charge in [0.25, 0.3) is 0 Å². The first kappa shape index (κ1) is 31.6. The molecule has 0 aliphatic carbocycles. The monoisotopic (exact) mass is 487 g/mol. The summed E-state index contributed by atoms with van der Waals surface area (Å²) in [7, 11) is 4.54. The molecule has 0 aliphatic heterocycles. The molecule has 0 spiro atoms. The quantitative estimate of drug-likeness (QED) is 0.386. The predicted octanol–water partition coefficient (Wildman–Crippen LogP) is 2.60. The summed E-state index contributed by atoms with van der Waals surface area (Å²) in [6.45, 7) is 13.0. The van der Waals surface area contributed by atoms with Crippen molar-refractivity contribution >= 4 is 23.9 Å². The Labute approximate surface area is 204 Å². The number of carboxylic acid groups (broad SMARTS) is 1. The van der Waals surface area contributed by atoms with E-state index in [1.807, 2.05) is 41.5 Å². The Balaban J connectivity index is 5.95. The van der Waals surface area contributed by atoms with Crippen molar-refractivity contribution < 1.29 is 33.8 Å². The number of likely N-dealkylation sites (N-methyl/N-ethyl adjacent to an activating group) is 2. The van der Waals surface area contributed by atoms with Gasteiger partial charge < -0.3 is 24.8 Å². The molecular formula is C24H45N3O7. The lowest BCUT2D eigenvalue weighted by Gasteiger charge is -2.40. The van der Waals surface area contributed by atoms with Gasteiger partial charge in [-0.05, 0) is 24.7 Å². The van der Waals surface area contributed by atoms with Crippen molar-refractivity contribution in [3.8, 4) is 0 Å². The Bertz CT molecular complexity index is 683. The fourth-order valence-corrected chi connectivity index (χ4v) is 4.14. The summed E-state index contributed by atoms with van der Waals surface area (Å²) >= 11 is 0. The fourth-order valence-electron chi connectivity index (χ4n) is 4.14. The highest BCUT2D eigenvalue weighted by atomic mass is 16.6. The van der Waals surface area contributed by atoms with E-state index in [1.165, 1.54) is 24.0 Å². The van der Waals surface area contributed by atoms with Crippen LogP contribution in [0.25, 0.3) is 0 Å². The van der Waals surface area contributed by atoms with E-state index in [1.54, 1.807) is 14.0 Å². The highest BCUT2D eigenvalue weighted by molar-refractivity contribution is 5.91. The third-order valence-corrected chi connectivity index (χ3v) is 6.18. The lowest BCUT2D eigenvalue weighted by atomic mass is 9.90. The molecule has 0 fully saturated rings. The number of hydrogen-bond acceptors (Lipinski definition) is 6. The number of carbonyl (C=O) groups excluding carboxylic acids is 3. The van der Waals surface area contributed by atoms with E-state index in [-0.39, 0.29) is 36.7 Å². The molecule has 34 heavy (non-hydrogen) atoms. The lowest BCUT2D eigenvalue weighted by molar-refractivity contribution is -0.148. The second-order valence-electron chi connectivity index (χ2n) is 9.43.